The number of carboxylic acid groups (broad SMARTS) is 2. The lowest BCUT2D eigenvalue weighted by Crippen LogP contribution is -2.41. The standard InChI is InChI=1S/C11H14O5/c1-3-6-8(10(13)14)5(2)4-7(12)9(6)11(15)16/h4,6,8-9H,3H2,1-2H3,(H,13,14)(H,15,16). The fourth-order valence-electron chi connectivity index (χ4n) is 2.30. The van der Waals surface area contributed by atoms with Crippen LogP contribution in [-0.2, 0) is 14.4 Å². The van der Waals surface area contributed by atoms with Gasteiger partial charge < -0.3 is 10.2 Å². The van der Waals surface area contributed by atoms with Crippen LogP contribution in [0.25, 0.3) is 0 Å². The predicted octanol–water partition coefficient (Wildman–Crippen LogP) is 0.943. The average Bonchev–Trinajstić information content (AvgIpc) is 2.14. The lowest BCUT2D eigenvalue weighted by Gasteiger charge is -2.31. The van der Waals surface area contributed by atoms with Crippen LogP contribution < -0.4 is 0 Å². The molecular weight excluding hydrogens is 212 g/mol. The average molecular weight is 226 g/mol. The van der Waals surface area contributed by atoms with E-state index in [1.54, 1.807) is 13.8 Å². The maximum atomic E-state index is 11.5. The molecule has 1 rings (SSSR count). The third-order valence-corrected chi connectivity index (χ3v) is 3.03. The fraction of sp³-hybridized carbons (Fsp3) is 0.545. The minimum atomic E-state index is -1.24. The molecule has 3 unspecified atom stereocenters. The van der Waals surface area contributed by atoms with Crippen molar-refractivity contribution in [3.8, 4) is 0 Å². The summed E-state index contributed by atoms with van der Waals surface area (Å²) in [6, 6.07) is 0. The van der Waals surface area contributed by atoms with Crippen LogP contribution in [0.15, 0.2) is 11.6 Å². The minimum Gasteiger partial charge on any atom is -0.481 e. The zero-order chi connectivity index (χ0) is 12.5. The number of hydrogen-bond donors (Lipinski definition) is 2. The van der Waals surface area contributed by atoms with Gasteiger partial charge in [-0.2, -0.15) is 0 Å². The Balaban J connectivity index is 3.21. The van der Waals surface area contributed by atoms with Crippen LogP contribution in [0.3, 0.4) is 0 Å². The molecule has 0 bridgehead atoms. The number of carboxylic acids is 2. The van der Waals surface area contributed by atoms with Gasteiger partial charge in [0.2, 0.25) is 0 Å². The molecule has 16 heavy (non-hydrogen) atoms. The number of carbonyl (C=O) groups excluding carboxylic acids is 1. The highest BCUT2D eigenvalue weighted by molar-refractivity contribution is 6.07. The summed E-state index contributed by atoms with van der Waals surface area (Å²) < 4.78 is 0. The molecule has 1 aliphatic carbocycles. The fourth-order valence-corrected chi connectivity index (χ4v) is 2.30. The molecule has 0 heterocycles. The Morgan fingerprint density at radius 2 is 1.75 bits per heavy atom. The lowest BCUT2D eigenvalue weighted by atomic mass is 9.70. The van der Waals surface area contributed by atoms with Crippen LogP contribution in [0.5, 0.6) is 0 Å². The Bertz CT molecular complexity index is 369. The zero-order valence-electron chi connectivity index (χ0n) is 9.14. The van der Waals surface area contributed by atoms with Gasteiger partial charge >= 0.3 is 11.9 Å². The molecule has 0 aromatic rings. The highest BCUT2D eigenvalue weighted by Gasteiger charge is 2.44. The van der Waals surface area contributed by atoms with Crippen molar-refractivity contribution in [2.75, 3.05) is 0 Å². The van der Waals surface area contributed by atoms with Gasteiger partial charge in [0.05, 0.1) is 5.92 Å². The van der Waals surface area contributed by atoms with E-state index in [0.717, 1.165) is 6.08 Å². The summed E-state index contributed by atoms with van der Waals surface area (Å²) in [6.45, 7) is 3.25. The first-order chi connectivity index (χ1) is 7.40. The summed E-state index contributed by atoms with van der Waals surface area (Å²) in [4.78, 5) is 33.6. The molecule has 0 aromatic carbocycles. The van der Waals surface area contributed by atoms with Crippen molar-refractivity contribution in [3.63, 3.8) is 0 Å². The monoisotopic (exact) mass is 226 g/mol. The van der Waals surface area contributed by atoms with Crippen LogP contribution in [0, 0.1) is 17.8 Å². The van der Waals surface area contributed by atoms with Gasteiger partial charge in [0.25, 0.3) is 0 Å². The molecule has 0 saturated carbocycles. The smallest absolute Gasteiger partial charge is 0.314 e. The van der Waals surface area contributed by atoms with Gasteiger partial charge in [-0.15, -0.1) is 0 Å². The molecule has 0 aromatic heterocycles. The zero-order valence-corrected chi connectivity index (χ0v) is 9.14. The Morgan fingerprint density at radius 3 is 2.12 bits per heavy atom. The molecule has 1 aliphatic rings. The highest BCUT2D eigenvalue weighted by Crippen LogP contribution is 2.35. The van der Waals surface area contributed by atoms with Crippen LogP contribution in [0.1, 0.15) is 20.3 Å². The van der Waals surface area contributed by atoms with Gasteiger partial charge in [0.1, 0.15) is 5.92 Å². The predicted molar refractivity (Wildman–Crippen MR) is 54.8 cm³/mol. The maximum absolute atomic E-state index is 11.5. The number of ketones is 1. The summed E-state index contributed by atoms with van der Waals surface area (Å²) in [7, 11) is 0. The summed E-state index contributed by atoms with van der Waals surface area (Å²) >= 11 is 0. The van der Waals surface area contributed by atoms with E-state index < -0.39 is 35.5 Å². The van der Waals surface area contributed by atoms with E-state index in [2.05, 4.69) is 0 Å². The first-order valence-electron chi connectivity index (χ1n) is 5.07. The van der Waals surface area contributed by atoms with Crippen LogP contribution in [0.4, 0.5) is 0 Å². The molecule has 0 saturated heterocycles. The first-order valence-corrected chi connectivity index (χ1v) is 5.07. The quantitative estimate of drug-likeness (QED) is 0.699. The van der Waals surface area contributed by atoms with Gasteiger partial charge in [-0.25, -0.2) is 0 Å². The molecule has 2 N–H and O–H groups in total. The Hall–Kier alpha value is -1.65. The normalized spacial score (nSPS) is 29.8. The lowest BCUT2D eigenvalue weighted by molar-refractivity contribution is -0.151. The van der Waals surface area contributed by atoms with Crippen LogP contribution >= 0.6 is 0 Å². The molecule has 5 nitrogen and oxygen atoms in total. The second-order valence-electron chi connectivity index (χ2n) is 3.99. The summed E-state index contributed by atoms with van der Waals surface area (Å²) in [6.07, 6.45) is 1.49. The van der Waals surface area contributed by atoms with E-state index in [1.165, 1.54) is 0 Å². The number of allylic oxidation sites excluding steroid dienone is 1. The topological polar surface area (TPSA) is 91.7 Å². The summed E-state index contributed by atoms with van der Waals surface area (Å²) in [5.41, 5.74) is 0.432. The van der Waals surface area contributed by atoms with E-state index >= 15 is 0 Å². The molecule has 0 aliphatic heterocycles. The molecule has 3 atom stereocenters. The highest BCUT2D eigenvalue weighted by atomic mass is 16.4. The molecule has 5 heteroatoms. The molecular formula is C11H14O5. The second kappa shape index (κ2) is 4.47. The van der Waals surface area contributed by atoms with Crippen molar-refractivity contribution in [1.29, 1.82) is 0 Å². The number of hydrogen-bond acceptors (Lipinski definition) is 3. The van der Waals surface area contributed by atoms with Crippen molar-refractivity contribution >= 4 is 17.7 Å². The van der Waals surface area contributed by atoms with Crippen LogP contribution in [-0.4, -0.2) is 27.9 Å². The summed E-state index contributed by atoms with van der Waals surface area (Å²) in [5.74, 6) is -5.58. The Morgan fingerprint density at radius 1 is 1.25 bits per heavy atom. The second-order valence-corrected chi connectivity index (χ2v) is 3.99. The molecule has 0 radical (unpaired) electrons. The molecule has 0 amide bonds. The first kappa shape index (κ1) is 12.4. The van der Waals surface area contributed by atoms with Gasteiger partial charge in [0, 0.05) is 0 Å². The third kappa shape index (κ3) is 1.98. The number of carbonyl (C=O) groups is 3. The van der Waals surface area contributed by atoms with E-state index in [1.807, 2.05) is 0 Å². The number of aliphatic carboxylic acids is 2. The van der Waals surface area contributed by atoms with Gasteiger partial charge in [0.15, 0.2) is 5.78 Å². The third-order valence-electron chi connectivity index (χ3n) is 3.03. The minimum absolute atomic E-state index is 0.352. The van der Waals surface area contributed by atoms with Crippen molar-refractivity contribution < 1.29 is 24.6 Å². The maximum Gasteiger partial charge on any atom is 0.314 e. The van der Waals surface area contributed by atoms with Crippen molar-refractivity contribution in [2.45, 2.75) is 20.3 Å². The van der Waals surface area contributed by atoms with Crippen molar-refractivity contribution in [2.24, 2.45) is 17.8 Å². The van der Waals surface area contributed by atoms with Crippen LogP contribution in [0.2, 0.25) is 0 Å². The Kier molecular flexibility index (Phi) is 3.47. The Labute approximate surface area is 92.8 Å². The van der Waals surface area contributed by atoms with E-state index in [0.29, 0.717) is 12.0 Å². The van der Waals surface area contributed by atoms with E-state index in [9.17, 15) is 14.4 Å². The van der Waals surface area contributed by atoms with E-state index in [-0.39, 0.29) is 0 Å². The van der Waals surface area contributed by atoms with Gasteiger partial charge in [-0.1, -0.05) is 18.9 Å². The molecule has 0 spiro atoms. The SMILES string of the molecule is CCC1C(C(=O)O)C(=O)C=C(C)C1C(=O)O. The van der Waals surface area contributed by atoms with Crippen molar-refractivity contribution in [1.82, 2.24) is 0 Å². The number of rotatable bonds is 3. The molecule has 88 valence electrons. The van der Waals surface area contributed by atoms with Crippen molar-refractivity contribution in [3.05, 3.63) is 11.6 Å². The van der Waals surface area contributed by atoms with Gasteiger partial charge in [-0.05, 0) is 18.9 Å². The largest absolute Gasteiger partial charge is 0.481 e. The van der Waals surface area contributed by atoms with E-state index in [4.69, 9.17) is 10.2 Å². The molecule has 0 fully saturated rings. The summed E-state index contributed by atoms with van der Waals surface area (Å²) in [5, 5.41) is 18.0. The van der Waals surface area contributed by atoms with Gasteiger partial charge in [-0.3, -0.25) is 14.4 Å².